The maximum atomic E-state index is 12.7. The van der Waals surface area contributed by atoms with Crippen molar-refractivity contribution in [3.8, 4) is 5.75 Å². The van der Waals surface area contributed by atoms with Gasteiger partial charge in [-0.1, -0.05) is 26.8 Å². The maximum Gasteiger partial charge on any atom is 0.180 e. The third kappa shape index (κ3) is 4.08. The molecule has 1 aliphatic heterocycles. The van der Waals surface area contributed by atoms with E-state index in [2.05, 4.69) is 30.6 Å². The molecule has 22 heavy (non-hydrogen) atoms. The van der Waals surface area contributed by atoms with Crippen molar-refractivity contribution in [2.24, 2.45) is 0 Å². The van der Waals surface area contributed by atoms with Gasteiger partial charge in [-0.05, 0) is 30.2 Å². The van der Waals surface area contributed by atoms with Crippen molar-refractivity contribution < 1.29 is 9.53 Å². The number of methoxy groups -OCH3 is 1. The first-order valence-electron chi connectivity index (χ1n) is 8.21. The number of benzene rings is 1. The minimum absolute atomic E-state index is 0.157. The van der Waals surface area contributed by atoms with E-state index in [1.54, 1.807) is 7.11 Å². The normalized spacial score (nSPS) is 17.0. The fraction of sp³-hybridized carbons (Fsp3) is 0.611. The summed E-state index contributed by atoms with van der Waals surface area (Å²) in [6.45, 7) is 12.1. The van der Waals surface area contributed by atoms with Crippen molar-refractivity contribution >= 4 is 5.78 Å². The topological polar surface area (TPSA) is 32.8 Å². The summed E-state index contributed by atoms with van der Waals surface area (Å²) < 4.78 is 5.38. The molecule has 0 radical (unpaired) electrons. The van der Waals surface area contributed by atoms with Crippen LogP contribution in [-0.4, -0.2) is 62.0 Å². The predicted molar refractivity (Wildman–Crippen MR) is 90.0 cm³/mol. The van der Waals surface area contributed by atoms with E-state index < -0.39 is 0 Å². The second-order valence-electron chi connectivity index (χ2n) is 6.25. The highest BCUT2D eigenvalue weighted by atomic mass is 16.5. The van der Waals surface area contributed by atoms with Crippen molar-refractivity contribution in [2.45, 2.75) is 26.7 Å². The van der Waals surface area contributed by atoms with E-state index in [1.165, 1.54) is 5.56 Å². The molecule has 0 amide bonds. The summed E-state index contributed by atoms with van der Waals surface area (Å²) >= 11 is 0. The van der Waals surface area contributed by atoms with Crippen molar-refractivity contribution in [1.29, 1.82) is 0 Å². The van der Waals surface area contributed by atoms with Crippen LogP contribution < -0.4 is 4.74 Å². The molecule has 4 nitrogen and oxygen atoms in total. The van der Waals surface area contributed by atoms with Crippen LogP contribution in [0.25, 0.3) is 0 Å². The van der Waals surface area contributed by atoms with Gasteiger partial charge in [0, 0.05) is 26.2 Å². The lowest BCUT2D eigenvalue weighted by Gasteiger charge is -2.33. The zero-order valence-electron chi connectivity index (χ0n) is 14.3. The van der Waals surface area contributed by atoms with Gasteiger partial charge in [-0.15, -0.1) is 0 Å². The molecular weight excluding hydrogens is 276 g/mol. The third-order valence-electron chi connectivity index (χ3n) is 4.47. The van der Waals surface area contributed by atoms with Crippen LogP contribution in [0.15, 0.2) is 18.2 Å². The SMILES string of the molecule is CCN1CCN(CC(=O)c2cc(C(C)C)ccc2OC)CC1. The minimum atomic E-state index is 0.157. The number of hydrogen-bond donors (Lipinski definition) is 0. The molecule has 0 saturated carbocycles. The van der Waals surface area contributed by atoms with Crippen molar-refractivity contribution in [3.63, 3.8) is 0 Å². The van der Waals surface area contributed by atoms with E-state index in [0.29, 0.717) is 23.8 Å². The van der Waals surface area contributed by atoms with E-state index in [9.17, 15) is 4.79 Å². The predicted octanol–water partition coefficient (Wildman–Crippen LogP) is 2.64. The van der Waals surface area contributed by atoms with Crippen molar-refractivity contribution in [2.75, 3.05) is 46.4 Å². The largest absolute Gasteiger partial charge is 0.496 e. The molecule has 0 N–H and O–H groups in total. The Bertz CT molecular complexity index is 506. The van der Waals surface area contributed by atoms with Crippen LogP contribution in [0.5, 0.6) is 5.75 Å². The summed E-state index contributed by atoms with van der Waals surface area (Å²) in [5.41, 5.74) is 1.89. The second-order valence-corrected chi connectivity index (χ2v) is 6.25. The second kappa shape index (κ2) is 7.75. The van der Waals surface area contributed by atoms with Gasteiger partial charge >= 0.3 is 0 Å². The highest BCUT2D eigenvalue weighted by molar-refractivity contribution is 6.00. The summed E-state index contributed by atoms with van der Waals surface area (Å²) in [5, 5.41) is 0. The number of piperazine rings is 1. The van der Waals surface area contributed by atoms with Gasteiger partial charge in [-0.2, -0.15) is 0 Å². The van der Waals surface area contributed by atoms with E-state index in [-0.39, 0.29) is 5.78 Å². The Morgan fingerprint density at radius 1 is 1.18 bits per heavy atom. The highest BCUT2D eigenvalue weighted by Gasteiger charge is 2.21. The highest BCUT2D eigenvalue weighted by Crippen LogP contribution is 2.25. The summed E-state index contributed by atoms with van der Waals surface area (Å²) in [5.74, 6) is 1.25. The molecule has 1 aromatic carbocycles. The molecule has 1 heterocycles. The number of ketones is 1. The lowest BCUT2D eigenvalue weighted by Crippen LogP contribution is -2.47. The number of Topliss-reactive ketones (excluding diaryl/α,β-unsaturated/α-hetero) is 1. The number of nitrogens with zero attached hydrogens (tertiary/aromatic N) is 2. The summed E-state index contributed by atoms with van der Waals surface area (Å²) in [6, 6.07) is 5.95. The monoisotopic (exact) mass is 304 g/mol. The number of hydrogen-bond acceptors (Lipinski definition) is 4. The number of ether oxygens (including phenoxy) is 1. The molecule has 2 rings (SSSR count). The number of carbonyl (C=O) groups excluding carboxylic acids is 1. The van der Waals surface area contributed by atoms with Gasteiger partial charge in [-0.3, -0.25) is 9.69 Å². The molecule has 0 aromatic heterocycles. The Hall–Kier alpha value is -1.39. The van der Waals surface area contributed by atoms with Crippen LogP contribution in [-0.2, 0) is 0 Å². The molecule has 0 unspecified atom stereocenters. The fourth-order valence-corrected chi connectivity index (χ4v) is 2.85. The molecule has 1 aliphatic rings. The first kappa shape index (κ1) is 17.0. The van der Waals surface area contributed by atoms with Crippen LogP contribution in [0.2, 0.25) is 0 Å². The number of likely N-dealkylation sites (N-methyl/N-ethyl adjacent to an activating group) is 1. The molecular formula is C18H28N2O2. The molecule has 1 fully saturated rings. The van der Waals surface area contributed by atoms with E-state index >= 15 is 0 Å². The van der Waals surface area contributed by atoms with Gasteiger partial charge < -0.3 is 9.64 Å². The van der Waals surface area contributed by atoms with Crippen LogP contribution in [0.1, 0.15) is 42.6 Å². The van der Waals surface area contributed by atoms with Gasteiger partial charge in [0.15, 0.2) is 5.78 Å². The van der Waals surface area contributed by atoms with Gasteiger partial charge in [-0.25, -0.2) is 0 Å². The molecule has 122 valence electrons. The molecule has 0 aliphatic carbocycles. The first-order chi connectivity index (χ1) is 10.5. The maximum absolute atomic E-state index is 12.7. The molecule has 1 aromatic rings. The van der Waals surface area contributed by atoms with E-state index in [1.807, 2.05) is 18.2 Å². The van der Waals surface area contributed by atoms with Crippen molar-refractivity contribution in [1.82, 2.24) is 9.80 Å². The van der Waals surface area contributed by atoms with Crippen molar-refractivity contribution in [3.05, 3.63) is 29.3 Å². The summed E-state index contributed by atoms with van der Waals surface area (Å²) in [7, 11) is 1.63. The van der Waals surface area contributed by atoms with Gasteiger partial charge in [0.1, 0.15) is 5.75 Å². The fourth-order valence-electron chi connectivity index (χ4n) is 2.85. The Balaban J connectivity index is 2.07. The Kier molecular flexibility index (Phi) is 5.98. The lowest BCUT2D eigenvalue weighted by atomic mass is 9.98. The zero-order valence-corrected chi connectivity index (χ0v) is 14.3. The van der Waals surface area contributed by atoms with Gasteiger partial charge in [0.25, 0.3) is 0 Å². The smallest absolute Gasteiger partial charge is 0.180 e. The van der Waals surface area contributed by atoms with Gasteiger partial charge in [0.2, 0.25) is 0 Å². The average molecular weight is 304 g/mol. The summed E-state index contributed by atoms with van der Waals surface area (Å²) in [6.07, 6.45) is 0. The van der Waals surface area contributed by atoms with Crippen LogP contribution in [0, 0.1) is 0 Å². The Labute approximate surface area is 134 Å². The molecule has 0 spiro atoms. The van der Waals surface area contributed by atoms with Crippen LogP contribution in [0.3, 0.4) is 0 Å². The van der Waals surface area contributed by atoms with Crippen LogP contribution in [0.4, 0.5) is 0 Å². The Morgan fingerprint density at radius 3 is 2.36 bits per heavy atom. The standard InChI is InChI=1S/C18H28N2O2/c1-5-19-8-10-20(11-9-19)13-17(21)16-12-15(14(2)3)6-7-18(16)22-4/h6-7,12,14H,5,8-11,13H2,1-4H3. The first-order valence-corrected chi connectivity index (χ1v) is 8.21. The molecule has 0 bridgehead atoms. The zero-order chi connectivity index (χ0) is 16.1. The van der Waals surface area contributed by atoms with Gasteiger partial charge in [0.05, 0.1) is 19.2 Å². The van der Waals surface area contributed by atoms with E-state index in [4.69, 9.17) is 4.74 Å². The minimum Gasteiger partial charge on any atom is -0.496 e. The lowest BCUT2D eigenvalue weighted by molar-refractivity contribution is 0.0856. The molecule has 0 atom stereocenters. The molecule has 1 saturated heterocycles. The van der Waals surface area contributed by atoms with Crippen LogP contribution >= 0.6 is 0 Å². The third-order valence-corrected chi connectivity index (χ3v) is 4.47. The number of rotatable bonds is 6. The molecule has 4 heteroatoms. The Morgan fingerprint density at radius 2 is 1.82 bits per heavy atom. The summed E-state index contributed by atoms with van der Waals surface area (Å²) in [4.78, 5) is 17.3. The average Bonchev–Trinajstić information content (AvgIpc) is 2.54. The number of carbonyl (C=O) groups is 1. The quantitative estimate of drug-likeness (QED) is 0.757. The van der Waals surface area contributed by atoms with E-state index in [0.717, 1.165) is 32.7 Å².